The Balaban J connectivity index is 2.05. The molecule has 0 radical (unpaired) electrons. The van der Waals surface area contributed by atoms with Crippen LogP contribution >= 0.6 is 11.3 Å². The van der Waals surface area contributed by atoms with Gasteiger partial charge in [-0.1, -0.05) is 41.2 Å². The maximum Gasteiger partial charge on any atom is 0.326 e. The second-order valence-corrected chi connectivity index (χ2v) is 7.19. The summed E-state index contributed by atoms with van der Waals surface area (Å²) in [7, 11) is 0. The number of carbonyl (C=O) groups excluding carboxylic acids is 2. The zero-order valence-electron chi connectivity index (χ0n) is 15.4. The minimum atomic E-state index is -0.830. The first-order valence-electron chi connectivity index (χ1n) is 8.64. The van der Waals surface area contributed by atoms with Gasteiger partial charge in [0, 0.05) is 6.07 Å². The lowest BCUT2D eigenvalue weighted by Crippen LogP contribution is -2.23. The molecule has 0 fully saturated rings. The molecule has 146 valence electrons. The number of benzene rings is 2. The monoisotopic (exact) mass is 404 g/mol. The zero-order valence-corrected chi connectivity index (χ0v) is 16.2. The quantitative estimate of drug-likeness (QED) is 0.612. The Morgan fingerprint density at radius 3 is 2.71 bits per heavy atom. The number of aryl methyl sites for hydroxylation is 1. The van der Waals surface area contributed by atoms with Crippen LogP contribution < -0.4 is 4.80 Å². The molecule has 0 N–H and O–H groups in total. The molecule has 0 bridgehead atoms. The first-order valence-corrected chi connectivity index (χ1v) is 9.46. The van der Waals surface area contributed by atoms with Crippen LogP contribution in [0.15, 0.2) is 41.4 Å². The number of halogens is 2. The van der Waals surface area contributed by atoms with Crippen LogP contribution in [-0.2, 0) is 27.3 Å². The first kappa shape index (κ1) is 19.9. The van der Waals surface area contributed by atoms with Gasteiger partial charge < -0.3 is 9.30 Å². The molecule has 0 unspecified atom stereocenters. The van der Waals surface area contributed by atoms with Gasteiger partial charge in [0.2, 0.25) is 0 Å². The van der Waals surface area contributed by atoms with Crippen molar-refractivity contribution < 1.29 is 23.1 Å². The highest BCUT2D eigenvalue weighted by Gasteiger charge is 2.17. The first-order chi connectivity index (χ1) is 13.4. The number of amides is 1. The largest absolute Gasteiger partial charge is 0.465 e. The minimum absolute atomic E-state index is 0.0153. The van der Waals surface area contributed by atoms with Crippen LogP contribution in [0.3, 0.4) is 0 Å². The van der Waals surface area contributed by atoms with Crippen LogP contribution in [0.5, 0.6) is 0 Å². The number of fused-ring (bicyclic) bond motifs is 1. The van der Waals surface area contributed by atoms with Crippen LogP contribution in [0.1, 0.15) is 18.1 Å². The zero-order chi connectivity index (χ0) is 20.3. The van der Waals surface area contributed by atoms with Crippen LogP contribution in [0.4, 0.5) is 8.78 Å². The molecule has 28 heavy (non-hydrogen) atoms. The minimum Gasteiger partial charge on any atom is -0.465 e. The Morgan fingerprint density at radius 1 is 1.21 bits per heavy atom. The van der Waals surface area contributed by atoms with Crippen molar-refractivity contribution in [2.75, 3.05) is 6.61 Å². The molecule has 0 aliphatic rings. The Labute approximate surface area is 163 Å². The van der Waals surface area contributed by atoms with Crippen molar-refractivity contribution in [3.63, 3.8) is 0 Å². The number of hydrogen-bond acceptors (Lipinski definition) is 4. The lowest BCUT2D eigenvalue weighted by molar-refractivity contribution is -0.143. The third-order valence-electron chi connectivity index (χ3n) is 3.95. The number of ether oxygens (including phenoxy) is 1. The molecule has 0 saturated carbocycles. The maximum absolute atomic E-state index is 14.4. The Morgan fingerprint density at radius 2 is 2.00 bits per heavy atom. The molecule has 0 aliphatic carbocycles. The van der Waals surface area contributed by atoms with E-state index in [0.29, 0.717) is 0 Å². The molecule has 0 atom stereocenters. The number of thiazole rings is 1. The second-order valence-electron chi connectivity index (χ2n) is 6.18. The summed E-state index contributed by atoms with van der Waals surface area (Å²) < 4.78 is 34.4. The lowest BCUT2D eigenvalue weighted by Gasteiger charge is -2.06. The number of rotatable bonds is 5. The van der Waals surface area contributed by atoms with Gasteiger partial charge in [-0.2, -0.15) is 4.99 Å². The molecule has 3 aromatic rings. The SMILES string of the molecule is CCOC(=O)Cn1c(=NC(=O)Cc2cccc(C)c2)sc2cc(F)cc(F)c21. The Hall–Kier alpha value is -2.87. The molecule has 2 aromatic carbocycles. The predicted molar refractivity (Wildman–Crippen MR) is 102 cm³/mol. The molecular weight excluding hydrogens is 386 g/mol. The highest BCUT2D eigenvalue weighted by Crippen LogP contribution is 2.22. The molecule has 5 nitrogen and oxygen atoms in total. The summed E-state index contributed by atoms with van der Waals surface area (Å²) in [4.78, 5) is 28.5. The predicted octanol–water partition coefficient (Wildman–Crippen LogP) is 3.52. The number of esters is 1. The summed E-state index contributed by atoms with van der Waals surface area (Å²) in [6.45, 7) is 3.41. The van der Waals surface area contributed by atoms with E-state index < -0.39 is 23.5 Å². The van der Waals surface area contributed by atoms with E-state index in [0.717, 1.165) is 34.6 Å². The fraction of sp³-hybridized carbons (Fsp3) is 0.250. The third kappa shape index (κ3) is 4.51. The normalized spacial score (nSPS) is 11.8. The molecule has 8 heteroatoms. The fourth-order valence-corrected chi connectivity index (χ4v) is 3.93. The van der Waals surface area contributed by atoms with Gasteiger partial charge in [0.05, 0.1) is 23.2 Å². The summed E-state index contributed by atoms with van der Waals surface area (Å²) in [6.07, 6.45) is 0.0617. The van der Waals surface area contributed by atoms with E-state index in [2.05, 4.69) is 4.99 Å². The van der Waals surface area contributed by atoms with E-state index in [-0.39, 0.29) is 34.6 Å². The van der Waals surface area contributed by atoms with E-state index in [1.807, 2.05) is 31.2 Å². The number of carbonyl (C=O) groups is 2. The average molecular weight is 404 g/mol. The van der Waals surface area contributed by atoms with E-state index >= 15 is 0 Å². The fourth-order valence-electron chi connectivity index (χ4n) is 2.84. The van der Waals surface area contributed by atoms with Gasteiger partial charge in [-0.05, 0) is 25.5 Å². The number of nitrogens with zero attached hydrogens (tertiary/aromatic N) is 2. The molecule has 0 aliphatic heterocycles. The molecule has 1 heterocycles. The van der Waals surface area contributed by atoms with E-state index in [1.165, 1.54) is 4.57 Å². The van der Waals surface area contributed by atoms with Crippen LogP contribution in [0.2, 0.25) is 0 Å². The van der Waals surface area contributed by atoms with Crippen molar-refractivity contribution >= 4 is 33.4 Å². The summed E-state index contributed by atoms with van der Waals surface area (Å²) in [6, 6.07) is 9.33. The van der Waals surface area contributed by atoms with Crippen LogP contribution in [-0.4, -0.2) is 23.1 Å². The van der Waals surface area contributed by atoms with Crippen molar-refractivity contribution in [2.45, 2.75) is 26.8 Å². The highest BCUT2D eigenvalue weighted by atomic mass is 32.1. The van der Waals surface area contributed by atoms with Crippen LogP contribution in [0.25, 0.3) is 10.2 Å². The van der Waals surface area contributed by atoms with Gasteiger partial charge in [0.15, 0.2) is 10.6 Å². The van der Waals surface area contributed by atoms with Gasteiger partial charge >= 0.3 is 5.97 Å². The molecule has 1 aromatic heterocycles. The highest BCUT2D eigenvalue weighted by molar-refractivity contribution is 7.16. The average Bonchev–Trinajstić information content (AvgIpc) is 2.92. The van der Waals surface area contributed by atoms with E-state index in [1.54, 1.807) is 6.92 Å². The molecule has 3 rings (SSSR count). The molecule has 0 spiro atoms. The second kappa shape index (κ2) is 8.43. The van der Waals surface area contributed by atoms with E-state index in [4.69, 9.17) is 4.74 Å². The van der Waals surface area contributed by atoms with Crippen molar-refractivity contribution in [3.05, 3.63) is 64.0 Å². The van der Waals surface area contributed by atoms with Crippen LogP contribution in [0, 0.1) is 18.6 Å². The summed E-state index contributed by atoms with van der Waals surface area (Å²) in [5.74, 6) is -2.62. The van der Waals surface area contributed by atoms with Gasteiger partial charge in [-0.25, -0.2) is 8.78 Å². The van der Waals surface area contributed by atoms with Gasteiger partial charge in [-0.15, -0.1) is 0 Å². The van der Waals surface area contributed by atoms with Crippen molar-refractivity contribution in [2.24, 2.45) is 4.99 Å². The Bertz CT molecular complexity index is 1120. The third-order valence-corrected chi connectivity index (χ3v) is 4.97. The number of hydrogen-bond donors (Lipinski definition) is 0. The summed E-state index contributed by atoms with van der Waals surface area (Å²) >= 11 is 0.942. The van der Waals surface area contributed by atoms with Crippen molar-refractivity contribution in [1.82, 2.24) is 4.57 Å². The van der Waals surface area contributed by atoms with Crippen molar-refractivity contribution in [1.29, 1.82) is 0 Å². The summed E-state index contributed by atoms with van der Waals surface area (Å²) in [5.41, 5.74) is 1.83. The molecular formula is C20H18F2N2O3S. The van der Waals surface area contributed by atoms with Gasteiger partial charge in [0.1, 0.15) is 12.4 Å². The maximum atomic E-state index is 14.4. The molecule has 0 saturated heterocycles. The van der Waals surface area contributed by atoms with Crippen molar-refractivity contribution in [3.8, 4) is 0 Å². The standard InChI is InChI=1S/C20H18F2N2O3S/c1-3-27-18(26)11-24-19-15(22)9-14(21)10-16(19)28-20(24)23-17(25)8-13-6-4-5-12(2)7-13/h4-7,9-10H,3,8,11H2,1-2H3. The summed E-state index contributed by atoms with van der Waals surface area (Å²) in [5, 5.41) is 0. The number of aromatic nitrogens is 1. The Kier molecular flexibility index (Phi) is 5.99. The lowest BCUT2D eigenvalue weighted by atomic mass is 10.1. The smallest absolute Gasteiger partial charge is 0.326 e. The van der Waals surface area contributed by atoms with E-state index in [9.17, 15) is 18.4 Å². The topological polar surface area (TPSA) is 60.7 Å². The van der Waals surface area contributed by atoms with Gasteiger partial charge in [-0.3, -0.25) is 9.59 Å². The van der Waals surface area contributed by atoms with Gasteiger partial charge in [0.25, 0.3) is 5.91 Å². The molecule has 1 amide bonds.